The Morgan fingerprint density at radius 2 is 1.96 bits per heavy atom. The number of rotatable bonds is 4. The van der Waals surface area contributed by atoms with Crippen molar-refractivity contribution in [2.75, 3.05) is 5.32 Å². The van der Waals surface area contributed by atoms with E-state index in [0.717, 1.165) is 44.2 Å². The van der Waals surface area contributed by atoms with Gasteiger partial charge in [0.2, 0.25) is 0 Å². The first kappa shape index (κ1) is 17.6. The number of aliphatic hydroxyl groups excluding tert-OH is 1. The number of oxime groups is 1. The van der Waals surface area contributed by atoms with Gasteiger partial charge in [-0.05, 0) is 37.0 Å². The van der Waals surface area contributed by atoms with Crippen LogP contribution in [0.5, 0.6) is 0 Å². The number of hydrogen-bond acceptors (Lipinski definition) is 3. The minimum Gasteiger partial charge on any atom is -0.409 e. The van der Waals surface area contributed by atoms with Crippen molar-refractivity contribution in [1.82, 2.24) is 0 Å². The van der Waals surface area contributed by atoms with Crippen molar-refractivity contribution in [3.8, 4) is 0 Å². The van der Waals surface area contributed by atoms with Crippen molar-refractivity contribution < 1.29 is 23.5 Å². The molecule has 1 aliphatic carbocycles. The molecule has 128 valence electrons. The van der Waals surface area contributed by atoms with Gasteiger partial charge in [0.25, 0.3) is 0 Å². The number of nitrogens with one attached hydrogen (secondary N) is 1. The topological polar surface area (TPSA) is 64.9 Å². The fraction of sp³-hybridized carbons (Fsp3) is 0.562. The Bertz CT molecular complexity index is 540. The fourth-order valence-electron chi connectivity index (χ4n) is 2.94. The molecule has 1 aromatic carbocycles. The smallest absolute Gasteiger partial charge is 0.409 e. The standard InChI is InChI=1S/C16H21F3N2O2/c17-16(18,19)12-7-4-8-13(9-12)20-15(21-23)10-14(22)11-5-2-1-3-6-11/h4,7-9,11,14,22-23H,1-3,5-6,10H2,(H,20,21). The SMILES string of the molecule is O/N=C(/CC(O)C1CCCCC1)Nc1cccc(C(F)(F)F)c1. The Labute approximate surface area is 133 Å². The Kier molecular flexibility index (Phi) is 5.87. The maximum Gasteiger partial charge on any atom is 0.416 e. The van der Waals surface area contributed by atoms with Crippen molar-refractivity contribution in [3.05, 3.63) is 29.8 Å². The molecule has 1 fully saturated rings. The second-order valence-corrected chi connectivity index (χ2v) is 5.92. The lowest BCUT2D eigenvalue weighted by Crippen LogP contribution is -2.28. The lowest BCUT2D eigenvalue weighted by molar-refractivity contribution is -0.137. The summed E-state index contributed by atoms with van der Waals surface area (Å²) in [4.78, 5) is 0. The molecule has 0 aromatic heterocycles. The van der Waals surface area contributed by atoms with E-state index in [0.29, 0.717) is 0 Å². The molecule has 1 aromatic rings. The summed E-state index contributed by atoms with van der Waals surface area (Å²) in [5.74, 6) is 0.200. The van der Waals surface area contributed by atoms with Gasteiger partial charge in [-0.1, -0.05) is 30.5 Å². The van der Waals surface area contributed by atoms with Crippen LogP contribution in [0, 0.1) is 5.92 Å². The molecule has 0 bridgehead atoms. The van der Waals surface area contributed by atoms with Crippen molar-refractivity contribution in [1.29, 1.82) is 0 Å². The van der Waals surface area contributed by atoms with Crippen LogP contribution < -0.4 is 5.32 Å². The molecule has 0 aliphatic heterocycles. The van der Waals surface area contributed by atoms with E-state index in [1.807, 2.05) is 0 Å². The molecule has 3 N–H and O–H groups in total. The number of halogens is 3. The summed E-state index contributed by atoms with van der Waals surface area (Å²) in [5, 5.41) is 25.0. The quantitative estimate of drug-likeness (QED) is 0.335. The Morgan fingerprint density at radius 1 is 1.26 bits per heavy atom. The van der Waals surface area contributed by atoms with Gasteiger partial charge in [0, 0.05) is 12.1 Å². The zero-order chi connectivity index (χ0) is 16.9. The molecular formula is C16H21F3N2O2. The highest BCUT2D eigenvalue weighted by Crippen LogP contribution is 2.31. The van der Waals surface area contributed by atoms with Crippen LogP contribution in [0.2, 0.25) is 0 Å². The van der Waals surface area contributed by atoms with Crippen molar-refractivity contribution >= 4 is 11.5 Å². The summed E-state index contributed by atoms with van der Waals surface area (Å²) in [7, 11) is 0. The number of nitrogens with zero attached hydrogens (tertiary/aromatic N) is 1. The van der Waals surface area contributed by atoms with E-state index in [9.17, 15) is 18.3 Å². The van der Waals surface area contributed by atoms with Crippen LogP contribution in [-0.4, -0.2) is 22.3 Å². The van der Waals surface area contributed by atoms with Crippen molar-refractivity contribution in [2.24, 2.45) is 11.1 Å². The molecule has 7 heteroatoms. The van der Waals surface area contributed by atoms with Crippen LogP contribution in [0.4, 0.5) is 18.9 Å². The van der Waals surface area contributed by atoms with Crippen LogP contribution >= 0.6 is 0 Å². The van der Waals surface area contributed by atoms with Gasteiger partial charge in [-0.25, -0.2) is 0 Å². The zero-order valence-corrected chi connectivity index (χ0v) is 12.7. The van der Waals surface area contributed by atoms with Gasteiger partial charge in [0.15, 0.2) is 0 Å². The first-order chi connectivity index (χ1) is 10.9. The molecule has 1 atom stereocenters. The Hall–Kier alpha value is -1.76. The van der Waals surface area contributed by atoms with Crippen LogP contribution in [0.15, 0.2) is 29.4 Å². The van der Waals surface area contributed by atoms with Crippen LogP contribution in [0.25, 0.3) is 0 Å². The van der Waals surface area contributed by atoms with Gasteiger partial charge in [-0.3, -0.25) is 0 Å². The summed E-state index contributed by atoms with van der Waals surface area (Å²) >= 11 is 0. The van der Waals surface area contributed by atoms with Crippen molar-refractivity contribution in [2.45, 2.75) is 50.8 Å². The van der Waals surface area contributed by atoms with E-state index in [1.165, 1.54) is 12.1 Å². The number of hydrogen-bond donors (Lipinski definition) is 3. The first-order valence-electron chi connectivity index (χ1n) is 7.73. The number of benzene rings is 1. The third-order valence-electron chi connectivity index (χ3n) is 4.20. The highest BCUT2D eigenvalue weighted by molar-refractivity contribution is 5.95. The highest BCUT2D eigenvalue weighted by Gasteiger charge is 2.30. The van der Waals surface area contributed by atoms with Gasteiger partial charge in [-0.15, -0.1) is 0 Å². The van der Waals surface area contributed by atoms with E-state index in [4.69, 9.17) is 5.21 Å². The molecule has 0 spiro atoms. The van der Waals surface area contributed by atoms with Crippen LogP contribution in [0.1, 0.15) is 44.1 Å². The average Bonchev–Trinajstić information content (AvgIpc) is 2.54. The molecule has 4 nitrogen and oxygen atoms in total. The normalized spacial score (nSPS) is 18.7. The molecule has 0 amide bonds. The largest absolute Gasteiger partial charge is 0.416 e. The van der Waals surface area contributed by atoms with Gasteiger partial charge in [0.1, 0.15) is 5.84 Å². The number of alkyl halides is 3. The molecule has 1 unspecified atom stereocenters. The summed E-state index contributed by atoms with van der Waals surface area (Å²) < 4.78 is 38.1. The minimum atomic E-state index is -4.43. The Morgan fingerprint density at radius 3 is 2.57 bits per heavy atom. The molecule has 1 aliphatic rings. The fourth-order valence-corrected chi connectivity index (χ4v) is 2.94. The van der Waals surface area contributed by atoms with E-state index in [2.05, 4.69) is 10.5 Å². The summed E-state index contributed by atoms with van der Waals surface area (Å²) in [6.45, 7) is 0. The lowest BCUT2D eigenvalue weighted by atomic mass is 9.84. The van der Waals surface area contributed by atoms with Gasteiger partial charge in [-0.2, -0.15) is 13.2 Å². The third kappa shape index (κ3) is 5.13. The van der Waals surface area contributed by atoms with Gasteiger partial charge >= 0.3 is 6.18 Å². The lowest BCUT2D eigenvalue weighted by Gasteiger charge is -2.26. The molecule has 1 saturated carbocycles. The second-order valence-electron chi connectivity index (χ2n) is 5.92. The number of anilines is 1. The molecule has 2 rings (SSSR count). The molecule has 23 heavy (non-hydrogen) atoms. The summed E-state index contributed by atoms with van der Waals surface area (Å²) in [6, 6.07) is 4.64. The molecular weight excluding hydrogens is 309 g/mol. The van der Waals surface area contributed by atoms with E-state index >= 15 is 0 Å². The molecule has 0 saturated heterocycles. The maximum atomic E-state index is 12.7. The summed E-state index contributed by atoms with van der Waals surface area (Å²) in [5.41, 5.74) is -0.615. The van der Waals surface area contributed by atoms with Gasteiger partial charge < -0.3 is 15.6 Å². The van der Waals surface area contributed by atoms with E-state index in [1.54, 1.807) is 0 Å². The molecule has 0 heterocycles. The number of amidine groups is 1. The second kappa shape index (κ2) is 7.68. The first-order valence-corrected chi connectivity index (χ1v) is 7.73. The van der Waals surface area contributed by atoms with E-state index < -0.39 is 17.8 Å². The molecule has 0 radical (unpaired) electrons. The monoisotopic (exact) mass is 330 g/mol. The maximum absolute atomic E-state index is 12.7. The van der Waals surface area contributed by atoms with Crippen LogP contribution in [0.3, 0.4) is 0 Å². The predicted molar refractivity (Wildman–Crippen MR) is 81.5 cm³/mol. The minimum absolute atomic E-state index is 0.0578. The van der Waals surface area contributed by atoms with E-state index in [-0.39, 0.29) is 23.9 Å². The van der Waals surface area contributed by atoms with Crippen LogP contribution in [-0.2, 0) is 6.18 Å². The van der Waals surface area contributed by atoms with Crippen molar-refractivity contribution in [3.63, 3.8) is 0 Å². The third-order valence-corrected chi connectivity index (χ3v) is 4.20. The average molecular weight is 330 g/mol. The zero-order valence-electron chi connectivity index (χ0n) is 12.7. The highest BCUT2D eigenvalue weighted by atomic mass is 19.4. The number of aliphatic hydroxyl groups is 1. The van der Waals surface area contributed by atoms with Gasteiger partial charge in [0.05, 0.1) is 11.7 Å². The summed E-state index contributed by atoms with van der Waals surface area (Å²) in [6.07, 6.45) is 0.106. The predicted octanol–water partition coefficient (Wildman–Crippen LogP) is 4.24. The Balaban J connectivity index is 1.99.